The quantitative estimate of drug-likeness (QED) is 0.681. The Kier molecular flexibility index (Phi) is 3.81. The zero-order valence-electron chi connectivity index (χ0n) is 13.4. The normalized spacial score (nSPS) is 19.8. The van der Waals surface area contributed by atoms with Crippen LogP contribution in [0, 0.1) is 5.82 Å². The molecule has 0 N–H and O–H groups in total. The van der Waals surface area contributed by atoms with Crippen LogP contribution in [-0.2, 0) is 9.53 Å². The Balaban J connectivity index is 1.66. The highest BCUT2D eigenvalue weighted by Crippen LogP contribution is 2.39. The molecule has 3 aromatic rings. The largest absolute Gasteiger partial charge is 0.449 e. The third kappa shape index (κ3) is 2.91. The number of benzene rings is 3. The van der Waals surface area contributed by atoms with Crippen LogP contribution in [0.4, 0.5) is 4.39 Å². The standard InChI is InChI=1S/C20H14FNO2S/c1-20(25-15-11-9-14(21)10-12-15)19(23)22-18(24-20)17-8-4-6-13-5-2-3-7-16(13)17/h2-12H,1H3/t20-/m0/s1. The van der Waals surface area contributed by atoms with Crippen LogP contribution in [0.5, 0.6) is 0 Å². The molecule has 0 spiro atoms. The molecule has 0 radical (unpaired) electrons. The third-order valence-electron chi connectivity index (χ3n) is 4.03. The first-order valence-electron chi connectivity index (χ1n) is 7.80. The van der Waals surface area contributed by atoms with E-state index in [-0.39, 0.29) is 11.7 Å². The van der Waals surface area contributed by atoms with Crippen molar-refractivity contribution in [3.63, 3.8) is 0 Å². The molecule has 0 bridgehead atoms. The second-order valence-corrected chi connectivity index (χ2v) is 7.31. The van der Waals surface area contributed by atoms with Crippen molar-refractivity contribution in [1.29, 1.82) is 0 Å². The Morgan fingerprint density at radius 3 is 2.52 bits per heavy atom. The summed E-state index contributed by atoms with van der Waals surface area (Å²) in [6.45, 7) is 1.69. The Labute approximate surface area is 148 Å². The van der Waals surface area contributed by atoms with Crippen LogP contribution in [0.2, 0.25) is 0 Å². The van der Waals surface area contributed by atoms with Crippen molar-refractivity contribution in [3.05, 3.63) is 78.1 Å². The van der Waals surface area contributed by atoms with Crippen LogP contribution in [0.15, 0.2) is 76.6 Å². The van der Waals surface area contributed by atoms with E-state index in [4.69, 9.17) is 4.74 Å². The number of fused-ring (bicyclic) bond motifs is 1. The summed E-state index contributed by atoms with van der Waals surface area (Å²) in [7, 11) is 0. The van der Waals surface area contributed by atoms with Gasteiger partial charge in [0, 0.05) is 10.5 Å². The monoisotopic (exact) mass is 351 g/mol. The van der Waals surface area contributed by atoms with Crippen LogP contribution < -0.4 is 0 Å². The van der Waals surface area contributed by atoms with E-state index < -0.39 is 4.93 Å². The Morgan fingerprint density at radius 1 is 1.00 bits per heavy atom. The summed E-state index contributed by atoms with van der Waals surface area (Å²) in [5, 5.41) is 2.03. The summed E-state index contributed by atoms with van der Waals surface area (Å²) in [6, 6.07) is 19.7. The molecule has 1 aliphatic rings. The van der Waals surface area contributed by atoms with Crippen LogP contribution in [0.1, 0.15) is 12.5 Å². The lowest BCUT2D eigenvalue weighted by Crippen LogP contribution is -2.29. The molecule has 25 heavy (non-hydrogen) atoms. The van der Waals surface area contributed by atoms with Crippen molar-refractivity contribution in [2.45, 2.75) is 16.8 Å². The van der Waals surface area contributed by atoms with E-state index >= 15 is 0 Å². The lowest BCUT2D eigenvalue weighted by molar-refractivity contribution is -0.123. The summed E-state index contributed by atoms with van der Waals surface area (Å²) < 4.78 is 19.0. The molecule has 1 amide bonds. The van der Waals surface area contributed by atoms with Crippen molar-refractivity contribution in [1.82, 2.24) is 0 Å². The second-order valence-electron chi connectivity index (χ2n) is 5.85. The minimum atomic E-state index is -1.16. The van der Waals surface area contributed by atoms with Crippen LogP contribution in [0.3, 0.4) is 0 Å². The topological polar surface area (TPSA) is 38.7 Å². The van der Waals surface area contributed by atoms with Crippen LogP contribution >= 0.6 is 11.8 Å². The van der Waals surface area contributed by atoms with Gasteiger partial charge in [0.05, 0.1) is 0 Å². The van der Waals surface area contributed by atoms with Crippen molar-refractivity contribution in [2.75, 3.05) is 0 Å². The van der Waals surface area contributed by atoms with Gasteiger partial charge in [-0.05, 0) is 48.0 Å². The van der Waals surface area contributed by atoms with Gasteiger partial charge in [-0.1, -0.05) is 48.2 Å². The number of thioether (sulfide) groups is 1. The Hall–Kier alpha value is -2.66. The molecule has 3 aromatic carbocycles. The number of nitrogens with zero attached hydrogens (tertiary/aromatic N) is 1. The molecule has 4 rings (SSSR count). The van der Waals surface area contributed by atoms with Gasteiger partial charge >= 0.3 is 5.91 Å². The predicted octanol–water partition coefficient (Wildman–Crippen LogP) is 4.79. The lowest BCUT2D eigenvalue weighted by atomic mass is 10.0. The van der Waals surface area contributed by atoms with Crippen molar-refractivity contribution in [3.8, 4) is 0 Å². The highest BCUT2D eigenvalue weighted by Gasteiger charge is 2.44. The fourth-order valence-electron chi connectivity index (χ4n) is 2.76. The average molecular weight is 351 g/mol. The minimum Gasteiger partial charge on any atom is -0.449 e. The lowest BCUT2D eigenvalue weighted by Gasteiger charge is -2.21. The molecule has 124 valence electrons. The maximum atomic E-state index is 13.1. The first kappa shape index (κ1) is 15.8. The SMILES string of the molecule is C[C@@]1(Sc2ccc(F)cc2)OC(c2cccc3ccccc23)=NC1=O. The highest BCUT2D eigenvalue weighted by molar-refractivity contribution is 8.01. The number of hydrogen-bond acceptors (Lipinski definition) is 3. The van der Waals surface area contributed by atoms with E-state index in [0.717, 1.165) is 21.2 Å². The zero-order valence-corrected chi connectivity index (χ0v) is 14.2. The average Bonchev–Trinajstić information content (AvgIpc) is 2.91. The maximum Gasteiger partial charge on any atom is 0.303 e. The maximum absolute atomic E-state index is 13.1. The van der Waals surface area contributed by atoms with Gasteiger partial charge in [-0.15, -0.1) is 0 Å². The van der Waals surface area contributed by atoms with Gasteiger partial charge in [-0.25, -0.2) is 4.39 Å². The Morgan fingerprint density at radius 2 is 1.72 bits per heavy atom. The first-order valence-corrected chi connectivity index (χ1v) is 8.62. The molecule has 1 heterocycles. The molecule has 0 aliphatic carbocycles. The number of aliphatic imine (C=N–C) groups is 1. The number of amides is 1. The fraction of sp³-hybridized carbons (Fsp3) is 0.100. The molecule has 1 atom stereocenters. The van der Waals surface area contributed by atoms with Gasteiger partial charge in [-0.3, -0.25) is 4.79 Å². The zero-order chi connectivity index (χ0) is 17.4. The molecular formula is C20H14FNO2S. The second kappa shape index (κ2) is 6.01. The molecule has 1 aliphatic heterocycles. The van der Waals surface area contributed by atoms with Gasteiger partial charge < -0.3 is 4.74 Å². The third-order valence-corrected chi connectivity index (χ3v) is 5.18. The van der Waals surface area contributed by atoms with Gasteiger partial charge in [0.2, 0.25) is 10.8 Å². The number of halogens is 1. The molecule has 3 nitrogen and oxygen atoms in total. The summed E-state index contributed by atoms with van der Waals surface area (Å²) >= 11 is 1.22. The number of carbonyl (C=O) groups is 1. The van der Waals surface area contributed by atoms with Gasteiger partial charge in [0.1, 0.15) is 5.82 Å². The van der Waals surface area contributed by atoms with E-state index in [1.54, 1.807) is 19.1 Å². The van der Waals surface area contributed by atoms with E-state index in [2.05, 4.69) is 4.99 Å². The predicted molar refractivity (Wildman–Crippen MR) is 97.2 cm³/mol. The molecule has 5 heteroatoms. The number of carbonyl (C=O) groups excluding carboxylic acids is 1. The number of rotatable bonds is 3. The first-order chi connectivity index (χ1) is 12.0. The minimum absolute atomic E-state index is 0.318. The molecule has 0 unspecified atom stereocenters. The highest BCUT2D eigenvalue weighted by atomic mass is 32.2. The van der Waals surface area contributed by atoms with Crippen LogP contribution in [-0.4, -0.2) is 16.7 Å². The van der Waals surface area contributed by atoms with E-state index in [1.165, 1.54) is 23.9 Å². The van der Waals surface area contributed by atoms with Crippen molar-refractivity contribution in [2.24, 2.45) is 4.99 Å². The summed E-state index contributed by atoms with van der Waals surface area (Å²) in [5.41, 5.74) is 0.787. The number of hydrogen-bond donors (Lipinski definition) is 0. The molecule has 0 fully saturated rings. The summed E-state index contributed by atoms with van der Waals surface area (Å²) in [6.07, 6.45) is 0. The van der Waals surface area contributed by atoms with Gasteiger partial charge in [0.25, 0.3) is 0 Å². The van der Waals surface area contributed by atoms with E-state index in [0.29, 0.717) is 5.90 Å². The fourth-order valence-corrected chi connectivity index (χ4v) is 3.74. The molecule has 0 aromatic heterocycles. The van der Waals surface area contributed by atoms with Gasteiger partial charge in [0.15, 0.2) is 0 Å². The summed E-state index contributed by atoms with van der Waals surface area (Å²) in [5.74, 6) is -0.357. The molecular weight excluding hydrogens is 337 g/mol. The van der Waals surface area contributed by atoms with E-state index in [1.807, 2.05) is 42.5 Å². The van der Waals surface area contributed by atoms with Crippen molar-refractivity contribution >= 4 is 34.3 Å². The molecule has 0 saturated carbocycles. The van der Waals surface area contributed by atoms with Crippen molar-refractivity contribution < 1.29 is 13.9 Å². The smallest absolute Gasteiger partial charge is 0.303 e. The van der Waals surface area contributed by atoms with E-state index in [9.17, 15) is 9.18 Å². The molecule has 0 saturated heterocycles. The Bertz CT molecular complexity index is 995. The number of ether oxygens (including phenoxy) is 1. The summed E-state index contributed by atoms with van der Waals surface area (Å²) in [4.78, 5) is 16.2. The van der Waals surface area contributed by atoms with Gasteiger partial charge in [-0.2, -0.15) is 4.99 Å². The van der Waals surface area contributed by atoms with Crippen LogP contribution in [0.25, 0.3) is 10.8 Å².